The molecule has 0 heterocycles. The van der Waals surface area contributed by atoms with Gasteiger partial charge in [-0.05, 0) is 55.8 Å². The zero-order valence-corrected chi connectivity index (χ0v) is 15.6. The Bertz CT molecular complexity index is 861. The lowest BCUT2D eigenvalue weighted by Crippen LogP contribution is -2.26. The van der Waals surface area contributed by atoms with E-state index < -0.39 is 10.0 Å². The molecule has 0 bridgehead atoms. The maximum absolute atomic E-state index is 12.7. The first kappa shape index (κ1) is 18.8. The number of ether oxygens (including phenoxy) is 1. The number of rotatable bonds is 6. The number of benzene rings is 2. The van der Waals surface area contributed by atoms with Gasteiger partial charge in [-0.25, -0.2) is 8.42 Å². The molecule has 0 unspecified atom stereocenters. The summed E-state index contributed by atoms with van der Waals surface area (Å²) in [4.78, 5) is 13.9. The Balaban J connectivity index is 2.35. The highest BCUT2D eigenvalue weighted by Crippen LogP contribution is 2.23. The largest absolute Gasteiger partial charge is 0.497 e. The third kappa shape index (κ3) is 4.30. The van der Waals surface area contributed by atoms with Crippen molar-refractivity contribution in [3.8, 4) is 5.75 Å². The van der Waals surface area contributed by atoms with Crippen LogP contribution in [0.25, 0.3) is 0 Å². The van der Waals surface area contributed by atoms with Gasteiger partial charge in [-0.15, -0.1) is 0 Å². The third-order valence-corrected chi connectivity index (χ3v) is 5.41. The van der Waals surface area contributed by atoms with Gasteiger partial charge >= 0.3 is 0 Å². The van der Waals surface area contributed by atoms with Crippen LogP contribution in [0.15, 0.2) is 47.4 Å². The van der Waals surface area contributed by atoms with Gasteiger partial charge in [-0.1, -0.05) is 6.07 Å². The van der Waals surface area contributed by atoms with Crippen LogP contribution in [0.5, 0.6) is 5.75 Å². The van der Waals surface area contributed by atoms with E-state index in [2.05, 4.69) is 4.72 Å². The molecule has 0 fully saturated rings. The monoisotopic (exact) mass is 362 g/mol. The zero-order valence-electron chi connectivity index (χ0n) is 14.7. The summed E-state index contributed by atoms with van der Waals surface area (Å²) < 4.78 is 33.0. The van der Waals surface area contributed by atoms with Gasteiger partial charge in [0.1, 0.15) is 5.75 Å². The van der Waals surface area contributed by atoms with E-state index in [1.54, 1.807) is 57.5 Å². The highest BCUT2D eigenvalue weighted by molar-refractivity contribution is 7.92. The molecule has 0 saturated carbocycles. The Morgan fingerprint density at radius 3 is 2.36 bits per heavy atom. The minimum absolute atomic E-state index is 0.0821. The number of methoxy groups -OCH3 is 1. The molecular weight excluding hydrogens is 340 g/mol. The Morgan fingerprint density at radius 1 is 1.16 bits per heavy atom. The van der Waals surface area contributed by atoms with Crippen LogP contribution in [0, 0.1) is 6.92 Å². The standard InChI is InChI=1S/C18H22N2O4S/c1-5-20(3)18(21)14-7-6-13(2)17(12-14)25(22,23)19-15-8-10-16(24-4)11-9-15/h6-12,19H,5H2,1-4H3. The van der Waals surface area contributed by atoms with E-state index in [0.29, 0.717) is 29.1 Å². The van der Waals surface area contributed by atoms with Gasteiger partial charge < -0.3 is 9.64 Å². The minimum Gasteiger partial charge on any atom is -0.497 e. The second-order valence-corrected chi connectivity index (χ2v) is 7.28. The van der Waals surface area contributed by atoms with E-state index in [-0.39, 0.29) is 10.8 Å². The second-order valence-electron chi connectivity index (χ2n) is 5.63. The van der Waals surface area contributed by atoms with Crippen LogP contribution < -0.4 is 9.46 Å². The van der Waals surface area contributed by atoms with Crippen molar-refractivity contribution in [3.05, 3.63) is 53.6 Å². The van der Waals surface area contributed by atoms with Gasteiger partial charge in [0.25, 0.3) is 15.9 Å². The second kappa shape index (κ2) is 7.57. The van der Waals surface area contributed by atoms with Crippen LogP contribution in [0.3, 0.4) is 0 Å². The average Bonchev–Trinajstić information content (AvgIpc) is 2.61. The Hall–Kier alpha value is -2.54. The van der Waals surface area contributed by atoms with E-state index >= 15 is 0 Å². The van der Waals surface area contributed by atoms with E-state index in [1.165, 1.54) is 11.0 Å². The predicted octanol–water partition coefficient (Wildman–Crippen LogP) is 2.90. The summed E-state index contributed by atoms with van der Waals surface area (Å²) in [6, 6.07) is 11.3. The van der Waals surface area contributed by atoms with Crippen molar-refractivity contribution in [1.29, 1.82) is 0 Å². The lowest BCUT2D eigenvalue weighted by atomic mass is 10.1. The maximum Gasteiger partial charge on any atom is 0.262 e. The molecule has 25 heavy (non-hydrogen) atoms. The van der Waals surface area contributed by atoms with E-state index in [9.17, 15) is 13.2 Å². The van der Waals surface area contributed by atoms with Crippen LogP contribution in [0.2, 0.25) is 0 Å². The van der Waals surface area contributed by atoms with Crippen molar-refractivity contribution in [3.63, 3.8) is 0 Å². The number of nitrogens with one attached hydrogen (secondary N) is 1. The molecule has 2 aromatic rings. The zero-order chi connectivity index (χ0) is 18.6. The van der Waals surface area contributed by atoms with Gasteiger partial charge in [-0.3, -0.25) is 9.52 Å². The lowest BCUT2D eigenvalue weighted by molar-refractivity contribution is 0.0802. The first-order valence-electron chi connectivity index (χ1n) is 7.81. The molecule has 0 radical (unpaired) electrons. The summed E-state index contributed by atoms with van der Waals surface area (Å²) in [5.74, 6) is 0.415. The quantitative estimate of drug-likeness (QED) is 0.857. The third-order valence-electron chi connectivity index (χ3n) is 3.89. The fraction of sp³-hybridized carbons (Fsp3) is 0.278. The first-order valence-corrected chi connectivity index (χ1v) is 9.29. The van der Waals surface area contributed by atoms with Crippen LogP contribution >= 0.6 is 0 Å². The molecule has 2 rings (SSSR count). The van der Waals surface area contributed by atoms with Crippen LogP contribution in [0.1, 0.15) is 22.8 Å². The van der Waals surface area contributed by atoms with Crippen LogP contribution in [-0.4, -0.2) is 39.9 Å². The normalized spacial score (nSPS) is 11.0. The van der Waals surface area contributed by atoms with Crippen molar-refractivity contribution in [2.24, 2.45) is 0 Å². The van der Waals surface area contributed by atoms with E-state index in [0.717, 1.165) is 0 Å². The van der Waals surface area contributed by atoms with Crippen LogP contribution in [-0.2, 0) is 10.0 Å². The number of carbonyl (C=O) groups excluding carboxylic acids is 1. The maximum atomic E-state index is 12.7. The number of hydrogen-bond acceptors (Lipinski definition) is 4. The highest BCUT2D eigenvalue weighted by Gasteiger charge is 2.20. The number of aryl methyl sites for hydroxylation is 1. The van der Waals surface area contributed by atoms with Gasteiger partial charge in [-0.2, -0.15) is 0 Å². The summed E-state index contributed by atoms with van der Waals surface area (Å²) in [5, 5.41) is 0. The molecule has 0 spiro atoms. The number of nitrogens with zero attached hydrogens (tertiary/aromatic N) is 1. The van der Waals surface area contributed by atoms with Gasteiger partial charge in [0.2, 0.25) is 0 Å². The predicted molar refractivity (Wildman–Crippen MR) is 97.6 cm³/mol. The number of amides is 1. The highest BCUT2D eigenvalue weighted by atomic mass is 32.2. The number of sulfonamides is 1. The fourth-order valence-electron chi connectivity index (χ4n) is 2.26. The van der Waals surface area contributed by atoms with E-state index in [4.69, 9.17) is 4.74 Å². The summed E-state index contributed by atoms with van der Waals surface area (Å²) in [7, 11) is -0.601. The van der Waals surface area contributed by atoms with Gasteiger partial charge in [0.15, 0.2) is 0 Å². The Morgan fingerprint density at radius 2 is 1.80 bits per heavy atom. The number of hydrogen-bond donors (Lipinski definition) is 1. The first-order chi connectivity index (χ1) is 11.8. The molecule has 1 amide bonds. The molecule has 0 aromatic heterocycles. The smallest absolute Gasteiger partial charge is 0.262 e. The molecule has 0 atom stereocenters. The fourth-order valence-corrected chi connectivity index (χ4v) is 3.59. The van der Waals surface area contributed by atoms with Crippen molar-refractivity contribution >= 4 is 21.6 Å². The summed E-state index contributed by atoms with van der Waals surface area (Å²) in [6.45, 7) is 4.09. The summed E-state index contributed by atoms with van der Waals surface area (Å²) >= 11 is 0. The van der Waals surface area contributed by atoms with Crippen molar-refractivity contribution in [2.45, 2.75) is 18.7 Å². The molecule has 0 aliphatic rings. The molecule has 0 aliphatic heterocycles. The van der Waals surface area contributed by atoms with Gasteiger partial charge in [0.05, 0.1) is 12.0 Å². The molecule has 6 nitrogen and oxygen atoms in total. The molecule has 2 aromatic carbocycles. The van der Waals surface area contributed by atoms with Crippen molar-refractivity contribution in [1.82, 2.24) is 4.90 Å². The minimum atomic E-state index is -3.81. The molecule has 0 aliphatic carbocycles. The Kier molecular flexibility index (Phi) is 5.69. The average molecular weight is 362 g/mol. The molecule has 7 heteroatoms. The number of carbonyl (C=O) groups is 1. The molecule has 134 valence electrons. The molecule has 0 saturated heterocycles. The molecule has 1 N–H and O–H groups in total. The Labute approximate surface area is 148 Å². The summed E-state index contributed by atoms with van der Waals surface area (Å²) in [6.07, 6.45) is 0. The van der Waals surface area contributed by atoms with Crippen LogP contribution in [0.4, 0.5) is 5.69 Å². The number of anilines is 1. The van der Waals surface area contributed by atoms with Crippen molar-refractivity contribution in [2.75, 3.05) is 25.4 Å². The lowest BCUT2D eigenvalue weighted by Gasteiger charge is -2.16. The topological polar surface area (TPSA) is 75.7 Å². The summed E-state index contributed by atoms with van der Waals surface area (Å²) in [5.41, 5.74) is 1.32. The SMILES string of the molecule is CCN(C)C(=O)c1ccc(C)c(S(=O)(=O)Nc2ccc(OC)cc2)c1. The van der Waals surface area contributed by atoms with E-state index in [1.807, 2.05) is 6.92 Å². The molecular formula is C18H22N2O4S. The van der Waals surface area contributed by atoms with Crippen molar-refractivity contribution < 1.29 is 17.9 Å². The van der Waals surface area contributed by atoms with Gasteiger partial charge in [0, 0.05) is 24.8 Å².